The summed E-state index contributed by atoms with van der Waals surface area (Å²) in [4.78, 5) is 15.2. The van der Waals surface area contributed by atoms with E-state index in [-0.39, 0.29) is 17.7 Å². The highest BCUT2D eigenvalue weighted by molar-refractivity contribution is 7.99. The van der Waals surface area contributed by atoms with Crippen molar-refractivity contribution in [2.75, 3.05) is 17.3 Å². The Morgan fingerprint density at radius 1 is 0.938 bits per heavy atom. The number of fused-ring (bicyclic) bond motifs is 1. The number of hydrogen-bond acceptors (Lipinski definition) is 6. The van der Waals surface area contributed by atoms with Crippen LogP contribution in [0.3, 0.4) is 0 Å². The molecule has 0 N–H and O–H groups in total. The minimum atomic E-state index is -0.199. The van der Waals surface area contributed by atoms with Crippen molar-refractivity contribution in [3.63, 3.8) is 0 Å². The molecule has 1 aliphatic rings. The van der Waals surface area contributed by atoms with Crippen molar-refractivity contribution in [1.82, 2.24) is 10.2 Å². The molecule has 0 fully saturated rings. The van der Waals surface area contributed by atoms with Gasteiger partial charge in [0.1, 0.15) is 12.4 Å². The minimum Gasteiger partial charge on any atom is -0.489 e. The van der Waals surface area contributed by atoms with E-state index in [1.807, 2.05) is 89.8 Å². The molecule has 0 bridgehead atoms. The van der Waals surface area contributed by atoms with E-state index >= 15 is 0 Å². The first-order valence-electron chi connectivity index (χ1n) is 10.4. The van der Waals surface area contributed by atoms with Gasteiger partial charge in [-0.3, -0.25) is 9.69 Å². The summed E-state index contributed by atoms with van der Waals surface area (Å²) in [5, 5.41) is 8.61. The summed E-state index contributed by atoms with van der Waals surface area (Å²) < 4.78 is 11.7. The summed E-state index contributed by atoms with van der Waals surface area (Å²) in [7, 11) is 0. The molecule has 4 aromatic rings. The molecule has 1 aliphatic heterocycles. The predicted molar refractivity (Wildman–Crippen MR) is 123 cm³/mol. The topological polar surface area (TPSA) is 68.5 Å². The third-order valence-electron chi connectivity index (χ3n) is 5.25. The molecule has 6 nitrogen and oxygen atoms in total. The van der Waals surface area contributed by atoms with E-state index in [0.29, 0.717) is 29.9 Å². The summed E-state index contributed by atoms with van der Waals surface area (Å²) >= 11 is 1.25. The lowest BCUT2D eigenvalue weighted by Gasteiger charge is -2.37. The second-order valence-corrected chi connectivity index (χ2v) is 8.31. The number of hydrogen-bond donors (Lipinski definition) is 0. The maximum atomic E-state index is 13.4. The van der Waals surface area contributed by atoms with Crippen LogP contribution in [-0.2, 0) is 11.2 Å². The number of para-hydroxylation sites is 2. The monoisotopic (exact) mass is 443 g/mol. The van der Waals surface area contributed by atoms with E-state index in [0.717, 1.165) is 16.8 Å². The van der Waals surface area contributed by atoms with Crippen LogP contribution in [0.1, 0.15) is 23.1 Å². The van der Waals surface area contributed by atoms with Crippen LogP contribution in [0.25, 0.3) is 0 Å². The summed E-state index contributed by atoms with van der Waals surface area (Å²) in [6.07, 6.45) is 0.565. The highest BCUT2D eigenvalue weighted by Gasteiger charge is 2.33. The van der Waals surface area contributed by atoms with Crippen LogP contribution in [0.4, 0.5) is 5.69 Å². The number of thioether (sulfide) groups is 1. The number of rotatable bonds is 6. The summed E-state index contributed by atoms with van der Waals surface area (Å²) in [6.45, 7) is 0.402. The lowest BCUT2D eigenvalue weighted by Crippen LogP contribution is -2.42. The molecule has 7 heteroatoms. The summed E-state index contributed by atoms with van der Waals surface area (Å²) in [5.41, 5.74) is 2.90. The van der Waals surface area contributed by atoms with Gasteiger partial charge < -0.3 is 9.15 Å². The number of carbonyl (C=O) groups excluding carboxylic acids is 1. The van der Waals surface area contributed by atoms with Crippen molar-refractivity contribution in [2.45, 2.75) is 17.7 Å². The zero-order chi connectivity index (χ0) is 21.8. The molecule has 1 amide bonds. The molecule has 0 saturated carbocycles. The maximum Gasteiger partial charge on any atom is 0.277 e. The molecule has 1 atom stereocenters. The van der Waals surface area contributed by atoms with Crippen molar-refractivity contribution < 1.29 is 13.9 Å². The Kier molecular flexibility index (Phi) is 5.89. The first-order valence-corrected chi connectivity index (χ1v) is 11.3. The van der Waals surface area contributed by atoms with Gasteiger partial charge in [0.05, 0.1) is 23.9 Å². The molecular formula is C25H21N3O3S. The zero-order valence-electron chi connectivity index (χ0n) is 17.3. The number of anilines is 1. The Hall–Kier alpha value is -3.58. The molecule has 1 aromatic heterocycles. The van der Waals surface area contributed by atoms with Gasteiger partial charge in [-0.1, -0.05) is 84.6 Å². The Bertz CT molecular complexity index is 1200. The van der Waals surface area contributed by atoms with E-state index < -0.39 is 0 Å². The molecular weight excluding hydrogens is 422 g/mol. The molecule has 5 rings (SSSR count). The van der Waals surface area contributed by atoms with E-state index in [2.05, 4.69) is 10.2 Å². The molecule has 0 radical (unpaired) electrons. The van der Waals surface area contributed by atoms with E-state index in [4.69, 9.17) is 9.15 Å². The van der Waals surface area contributed by atoms with Gasteiger partial charge in [0.15, 0.2) is 0 Å². The number of aromatic nitrogens is 2. The van der Waals surface area contributed by atoms with Gasteiger partial charge in [0.25, 0.3) is 5.22 Å². The third kappa shape index (κ3) is 4.38. The van der Waals surface area contributed by atoms with Gasteiger partial charge in [-0.15, -0.1) is 10.2 Å². The number of amides is 1. The average Bonchev–Trinajstić information content (AvgIpc) is 3.30. The molecule has 3 aromatic carbocycles. The molecule has 32 heavy (non-hydrogen) atoms. The second-order valence-electron chi connectivity index (χ2n) is 7.38. The van der Waals surface area contributed by atoms with Gasteiger partial charge in [-0.05, 0) is 23.3 Å². The van der Waals surface area contributed by atoms with Crippen LogP contribution in [0.15, 0.2) is 94.6 Å². The van der Waals surface area contributed by atoms with Crippen LogP contribution in [-0.4, -0.2) is 28.5 Å². The fourth-order valence-corrected chi connectivity index (χ4v) is 4.39. The average molecular weight is 444 g/mol. The Balaban J connectivity index is 1.32. The van der Waals surface area contributed by atoms with Gasteiger partial charge in [0.2, 0.25) is 11.8 Å². The normalized spacial score (nSPS) is 15.1. The Morgan fingerprint density at radius 3 is 2.47 bits per heavy atom. The highest BCUT2D eigenvalue weighted by Crippen LogP contribution is 2.39. The smallest absolute Gasteiger partial charge is 0.277 e. The Morgan fingerprint density at radius 2 is 1.66 bits per heavy atom. The van der Waals surface area contributed by atoms with Crippen LogP contribution >= 0.6 is 11.8 Å². The predicted octanol–water partition coefficient (Wildman–Crippen LogP) is 4.92. The van der Waals surface area contributed by atoms with Crippen LogP contribution in [0, 0.1) is 0 Å². The van der Waals surface area contributed by atoms with Crippen LogP contribution in [0.5, 0.6) is 5.75 Å². The first kappa shape index (κ1) is 20.3. The largest absolute Gasteiger partial charge is 0.489 e. The summed E-state index contributed by atoms with van der Waals surface area (Å²) in [5.74, 6) is 1.39. The lowest BCUT2D eigenvalue weighted by atomic mass is 10.0. The maximum absolute atomic E-state index is 13.4. The number of carbonyl (C=O) groups is 1. The van der Waals surface area contributed by atoms with Gasteiger partial charge in [0, 0.05) is 0 Å². The van der Waals surface area contributed by atoms with Crippen molar-refractivity contribution in [3.05, 3.63) is 102 Å². The van der Waals surface area contributed by atoms with E-state index in [1.165, 1.54) is 11.8 Å². The van der Waals surface area contributed by atoms with E-state index in [1.54, 1.807) is 0 Å². The molecule has 0 spiro atoms. The Labute approximate surface area is 190 Å². The highest BCUT2D eigenvalue weighted by atomic mass is 32.2. The fourth-order valence-electron chi connectivity index (χ4n) is 3.75. The minimum absolute atomic E-state index is 0.0394. The van der Waals surface area contributed by atoms with Crippen molar-refractivity contribution in [3.8, 4) is 5.75 Å². The lowest BCUT2D eigenvalue weighted by molar-refractivity contribution is -0.117. The van der Waals surface area contributed by atoms with Gasteiger partial charge in [-0.2, -0.15) is 0 Å². The quantitative estimate of drug-likeness (QED) is 0.394. The fraction of sp³-hybridized carbons (Fsp3) is 0.160. The molecule has 0 aliphatic carbocycles. The van der Waals surface area contributed by atoms with Crippen molar-refractivity contribution in [1.29, 1.82) is 0 Å². The molecule has 160 valence electrons. The second kappa shape index (κ2) is 9.28. The zero-order valence-corrected chi connectivity index (χ0v) is 18.1. The molecule has 0 saturated heterocycles. The first-order chi connectivity index (χ1) is 15.8. The van der Waals surface area contributed by atoms with Gasteiger partial charge in [-0.25, -0.2) is 0 Å². The number of nitrogens with zero attached hydrogens (tertiary/aromatic N) is 3. The van der Waals surface area contributed by atoms with Crippen molar-refractivity contribution in [2.24, 2.45) is 0 Å². The van der Waals surface area contributed by atoms with Crippen LogP contribution in [0.2, 0.25) is 0 Å². The van der Waals surface area contributed by atoms with Gasteiger partial charge >= 0.3 is 0 Å². The SMILES string of the molecule is O=C(CSc1nnc(Cc2ccccc2)o1)N1c2ccccc2OC[C@H]1c1ccccc1. The third-order valence-corrected chi connectivity index (χ3v) is 6.06. The molecule has 2 heterocycles. The van der Waals surface area contributed by atoms with E-state index in [9.17, 15) is 4.79 Å². The molecule has 0 unspecified atom stereocenters. The van der Waals surface area contributed by atoms with Crippen LogP contribution < -0.4 is 9.64 Å². The number of benzene rings is 3. The number of ether oxygens (including phenoxy) is 1. The van der Waals surface area contributed by atoms with Crippen molar-refractivity contribution >= 4 is 23.4 Å². The summed E-state index contributed by atoms with van der Waals surface area (Å²) in [6, 6.07) is 27.3. The standard InChI is InChI=1S/C25H21N3O3S/c29-24(17-32-25-27-26-23(31-25)15-18-9-3-1-4-10-18)28-20-13-7-8-14-22(20)30-16-21(28)19-11-5-2-6-12-19/h1-14,21H,15-17H2/t21-/m0/s1.